The highest BCUT2D eigenvalue weighted by Gasteiger charge is 2.12. The molecule has 0 heterocycles. The first-order chi connectivity index (χ1) is 15.5. The molecular weight excluding hydrogens is 404 g/mol. The number of methoxy groups -OCH3 is 3. The molecule has 0 spiro atoms. The number of nitrogens with one attached hydrogen (secondary N) is 1. The third kappa shape index (κ3) is 5.49. The third-order valence-electron chi connectivity index (χ3n) is 4.75. The Hall–Kier alpha value is -4.19. The first kappa shape index (κ1) is 22.5. The fraction of sp³-hybridized carbons (Fsp3) is 0.115. The Morgan fingerprint density at radius 2 is 1.53 bits per heavy atom. The normalized spacial score (nSPS) is 11.0. The van der Waals surface area contributed by atoms with Crippen molar-refractivity contribution in [1.29, 1.82) is 0 Å². The monoisotopic (exact) mass is 430 g/mol. The molecule has 0 aliphatic rings. The van der Waals surface area contributed by atoms with Gasteiger partial charge in [0.2, 0.25) is 5.75 Å². The standard InChI is InChI=1S/C26H26N2O4/c1-30-24-16-19(17-25(31-2)26(24)32-3)12-11-18-7-6-8-20(15-18)28-14-13-23(29)21-9-4-5-10-22(21)27/h4-17,28H,27H2,1-3H3/b12-11?,14-13-. The minimum Gasteiger partial charge on any atom is -0.493 e. The van der Waals surface area contributed by atoms with Gasteiger partial charge < -0.3 is 25.3 Å². The summed E-state index contributed by atoms with van der Waals surface area (Å²) < 4.78 is 16.2. The molecule has 0 radical (unpaired) electrons. The summed E-state index contributed by atoms with van der Waals surface area (Å²) in [6.07, 6.45) is 7.01. The Morgan fingerprint density at radius 3 is 2.19 bits per heavy atom. The van der Waals surface area contributed by atoms with Gasteiger partial charge in [-0.3, -0.25) is 4.79 Å². The maximum absolute atomic E-state index is 12.3. The van der Waals surface area contributed by atoms with Crippen molar-refractivity contribution in [1.82, 2.24) is 0 Å². The summed E-state index contributed by atoms with van der Waals surface area (Å²) in [6, 6.07) is 18.6. The van der Waals surface area contributed by atoms with Gasteiger partial charge in [0.1, 0.15) is 0 Å². The van der Waals surface area contributed by atoms with Crippen LogP contribution in [-0.2, 0) is 0 Å². The molecular formula is C26H26N2O4. The Morgan fingerprint density at radius 1 is 0.844 bits per heavy atom. The maximum Gasteiger partial charge on any atom is 0.203 e. The molecule has 0 amide bonds. The van der Waals surface area contributed by atoms with Gasteiger partial charge in [0.15, 0.2) is 17.3 Å². The van der Waals surface area contributed by atoms with Crippen LogP contribution in [0, 0.1) is 0 Å². The largest absolute Gasteiger partial charge is 0.493 e. The lowest BCUT2D eigenvalue weighted by Crippen LogP contribution is -2.01. The molecule has 0 fully saturated rings. The van der Waals surface area contributed by atoms with Crippen LogP contribution >= 0.6 is 0 Å². The Bertz CT molecular complexity index is 1130. The van der Waals surface area contributed by atoms with Crippen molar-refractivity contribution in [2.45, 2.75) is 0 Å². The van der Waals surface area contributed by atoms with E-state index >= 15 is 0 Å². The van der Waals surface area contributed by atoms with Crippen molar-refractivity contribution >= 4 is 29.3 Å². The zero-order chi connectivity index (χ0) is 22.9. The van der Waals surface area contributed by atoms with Crippen LogP contribution in [0.4, 0.5) is 11.4 Å². The van der Waals surface area contributed by atoms with E-state index in [9.17, 15) is 4.79 Å². The van der Waals surface area contributed by atoms with Crippen LogP contribution in [0.2, 0.25) is 0 Å². The van der Waals surface area contributed by atoms with Crippen LogP contribution < -0.4 is 25.3 Å². The van der Waals surface area contributed by atoms with E-state index in [2.05, 4.69) is 5.32 Å². The van der Waals surface area contributed by atoms with Gasteiger partial charge in [-0.15, -0.1) is 0 Å². The second-order valence-electron chi connectivity index (χ2n) is 6.85. The summed E-state index contributed by atoms with van der Waals surface area (Å²) in [5, 5.41) is 3.12. The molecule has 3 rings (SSSR count). The van der Waals surface area contributed by atoms with Crippen LogP contribution in [0.15, 0.2) is 72.9 Å². The fourth-order valence-electron chi connectivity index (χ4n) is 3.15. The van der Waals surface area contributed by atoms with Crippen LogP contribution in [0.1, 0.15) is 21.5 Å². The van der Waals surface area contributed by atoms with E-state index in [1.54, 1.807) is 51.8 Å². The lowest BCUT2D eigenvalue weighted by molar-refractivity contribution is 0.104. The number of rotatable bonds is 9. The molecule has 0 unspecified atom stereocenters. The van der Waals surface area contributed by atoms with Crippen LogP contribution in [-0.4, -0.2) is 27.1 Å². The highest BCUT2D eigenvalue weighted by Crippen LogP contribution is 2.38. The molecule has 3 N–H and O–H groups in total. The second kappa shape index (κ2) is 10.7. The number of hydrogen-bond donors (Lipinski definition) is 2. The van der Waals surface area contributed by atoms with Crippen LogP contribution in [0.3, 0.4) is 0 Å². The summed E-state index contributed by atoms with van der Waals surface area (Å²) in [7, 11) is 4.75. The molecule has 164 valence electrons. The molecule has 0 bridgehead atoms. The number of ketones is 1. The highest BCUT2D eigenvalue weighted by molar-refractivity contribution is 6.08. The van der Waals surface area contributed by atoms with E-state index in [-0.39, 0.29) is 5.78 Å². The molecule has 0 aliphatic heterocycles. The minimum atomic E-state index is -0.158. The average Bonchev–Trinajstić information content (AvgIpc) is 2.82. The molecule has 0 aliphatic carbocycles. The van der Waals surface area contributed by atoms with Gasteiger partial charge in [-0.05, 0) is 47.5 Å². The van der Waals surface area contributed by atoms with Crippen molar-refractivity contribution in [3.8, 4) is 17.2 Å². The summed E-state index contributed by atoms with van der Waals surface area (Å²) in [5.74, 6) is 1.58. The van der Waals surface area contributed by atoms with Crippen LogP contribution in [0.5, 0.6) is 17.2 Å². The van der Waals surface area contributed by atoms with E-state index in [1.165, 1.54) is 6.08 Å². The molecule has 0 aromatic heterocycles. The zero-order valence-electron chi connectivity index (χ0n) is 18.3. The van der Waals surface area contributed by atoms with Crippen molar-refractivity contribution in [2.75, 3.05) is 32.4 Å². The number of ether oxygens (including phenoxy) is 3. The number of anilines is 2. The zero-order valence-corrected chi connectivity index (χ0v) is 18.3. The maximum atomic E-state index is 12.3. The third-order valence-corrected chi connectivity index (χ3v) is 4.75. The van der Waals surface area contributed by atoms with E-state index in [1.807, 2.05) is 48.6 Å². The molecule has 6 heteroatoms. The molecule has 0 saturated carbocycles. The number of nitrogen functional groups attached to an aromatic ring is 1. The first-order valence-corrected chi connectivity index (χ1v) is 9.95. The molecule has 0 atom stereocenters. The number of nitrogens with two attached hydrogens (primary N) is 1. The Kier molecular flexibility index (Phi) is 7.54. The summed E-state index contributed by atoms with van der Waals surface area (Å²) in [4.78, 5) is 12.3. The first-order valence-electron chi connectivity index (χ1n) is 9.95. The Labute approximate surface area is 187 Å². The number of carbonyl (C=O) groups is 1. The quantitative estimate of drug-likeness (QED) is 0.208. The number of para-hydroxylation sites is 1. The smallest absolute Gasteiger partial charge is 0.203 e. The van der Waals surface area contributed by atoms with Crippen molar-refractivity contribution in [3.05, 3.63) is 89.6 Å². The number of benzene rings is 3. The Balaban J connectivity index is 1.72. The summed E-state index contributed by atoms with van der Waals surface area (Å²) in [5.41, 5.74) is 9.53. The minimum absolute atomic E-state index is 0.158. The SMILES string of the molecule is COc1cc(C=Cc2cccc(N/C=C\C(=O)c3ccccc3N)c2)cc(OC)c1OC. The van der Waals surface area contributed by atoms with Crippen molar-refractivity contribution in [3.63, 3.8) is 0 Å². The average molecular weight is 431 g/mol. The number of carbonyl (C=O) groups excluding carboxylic acids is 1. The number of allylic oxidation sites excluding steroid dienone is 1. The topological polar surface area (TPSA) is 82.8 Å². The van der Waals surface area contributed by atoms with Crippen molar-refractivity contribution < 1.29 is 19.0 Å². The van der Waals surface area contributed by atoms with E-state index in [4.69, 9.17) is 19.9 Å². The fourth-order valence-corrected chi connectivity index (χ4v) is 3.15. The highest BCUT2D eigenvalue weighted by atomic mass is 16.5. The summed E-state index contributed by atoms with van der Waals surface area (Å²) >= 11 is 0. The van der Waals surface area contributed by atoms with Gasteiger partial charge in [-0.25, -0.2) is 0 Å². The predicted octanol–water partition coefficient (Wildman–Crippen LogP) is 5.27. The van der Waals surface area contributed by atoms with Gasteiger partial charge >= 0.3 is 0 Å². The molecule has 3 aromatic rings. The van der Waals surface area contributed by atoms with E-state index in [0.717, 1.165) is 16.8 Å². The van der Waals surface area contributed by atoms with Crippen LogP contribution in [0.25, 0.3) is 12.2 Å². The van der Waals surface area contributed by atoms with Gasteiger partial charge in [0, 0.05) is 29.2 Å². The molecule has 6 nitrogen and oxygen atoms in total. The molecule has 0 saturated heterocycles. The van der Waals surface area contributed by atoms with Gasteiger partial charge in [0.05, 0.1) is 21.3 Å². The van der Waals surface area contributed by atoms with E-state index in [0.29, 0.717) is 28.5 Å². The van der Waals surface area contributed by atoms with E-state index < -0.39 is 0 Å². The lowest BCUT2D eigenvalue weighted by Gasteiger charge is -2.12. The molecule has 32 heavy (non-hydrogen) atoms. The van der Waals surface area contributed by atoms with Crippen molar-refractivity contribution in [2.24, 2.45) is 0 Å². The summed E-state index contributed by atoms with van der Waals surface area (Å²) in [6.45, 7) is 0. The molecule has 3 aromatic carbocycles. The van der Waals surface area contributed by atoms with Gasteiger partial charge in [0.25, 0.3) is 0 Å². The van der Waals surface area contributed by atoms with Gasteiger partial charge in [-0.2, -0.15) is 0 Å². The predicted molar refractivity (Wildman–Crippen MR) is 129 cm³/mol. The van der Waals surface area contributed by atoms with Gasteiger partial charge in [-0.1, -0.05) is 36.4 Å². The lowest BCUT2D eigenvalue weighted by atomic mass is 10.1. The number of hydrogen-bond acceptors (Lipinski definition) is 6. The second-order valence-corrected chi connectivity index (χ2v) is 6.85.